The van der Waals surface area contributed by atoms with E-state index in [1.165, 1.54) is 31.4 Å². The van der Waals surface area contributed by atoms with Crippen LogP contribution in [0.4, 0.5) is 13.2 Å². The lowest BCUT2D eigenvalue weighted by molar-refractivity contribution is -0.138. The molecule has 0 heterocycles. The Balaban J connectivity index is 1.91. The first-order valence-corrected chi connectivity index (χ1v) is 7.96. The highest BCUT2D eigenvalue weighted by molar-refractivity contribution is 5.92. The van der Waals surface area contributed by atoms with Crippen LogP contribution >= 0.6 is 0 Å². The van der Waals surface area contributed by atoms with Crippen LogP contribution in [0.25, 0.3) is 0 Å². The summed E-state index contributed by atoms with van der Waals surface area (Å²) in [6, 6.07) is 9.66. The fourth-order valence-corrected chi connectivity index (χ4v) is 2.40. The predicted molar refractivity (Wildman–Crippen MR) is 91.3 cm³/mol. The second-order valence-electron chi connectivity index (χ2n) is 5.69. The van der Waals surface area contributed by atoms with E-state index in [0.29, 0.717) is 11.3 Å². The van der Waals surface area contributed by atoms with E-state index in [4.69, 9.17) is 9.47 Å². The van der Waals surface area contributed by atoms with Crippen LogP contribution in [0.1, 0.15) is 27.0 Å². The molecule has 0 saturated carbocycles. The summed E-state index contributed by atoms with van der Waals surface area (Å²) in [5, 5.41) is 2.31. The maximum Gasteiger partial charge on any atom is 0.416 e. The molecule has 27 heavy (non-hydrogen) atoms. The van der Waals surface area contributed by atoms with E-state index >= 15 is 0 Å². The Hall–Kier alpha value is -3.03. The number of alkyl halides is 3. The zero-order valence-corrected chi connectivity index (χ0v) is 14.7. The summed E-state index contributed by atoms with van der Waals surface area (Å²) in [4.78, 5) is 23.8. The van der Waals surface area contributed by atoms with Crippen LogP contribution in [0.5, 0.6) is 5.75 Å². The standard InChI is InChI=1S/C19H18F3NO4/c1-12-9-14(26-2)7-8-15(12)18(25)27-11-17(24)23-10-13-5-3-4-6-16(13)19(20,21)22/h3-9H,10-11H2,1-2H3,(H,23,24). The van der Waals surface area contributed by atoms with Crippen molar-refractivity contribution < 1.29 is 32.2 Å². The van der Waals surface area contributed by atoms with Gasteiger partial charge in [-0.05, 0) is 42.3 Å². The molecule has 0 spiro atoms. The number of carbonyl (C=O) groups is 2. The summed E-state index contributed by atoms with van der Waals surface area (Å²) < 4.78 is 48.7. The number of esters is 1. The van der Waals surface area contributed by atoms with Crippen LogP contribution in [-0.2, 0) is 22.3 Å². The number of amides is 1. The van der Waals surface area contributed by atoms with Gasteiger partial charge in [-0.25, -0.2) is 4.79 Å². The molecule has 0 fully saturated rings. The lowest BCUT2D eigenvalue weighted by atomic mass is 10.1. The first-order chi connectivity index (χ1) is 12.7. The maximum atomic E-state index is 12.9. The number of carbonyl (C=O) groups excluding carboxylic acids is 2. The summed E-state index contributed by atoms with van der Waals surface area (Å²) in [6.45, 7) is 0.763. The summed E-state index contributed by atoms with van der Waals surface area (Å²) in [6.07, 6.45) is -4.51. The molecule has 0 saturated heterocycles. The zero-order chi connectivity index (χ0) is 20.0. The molecule has 0 aliphatic rings. The number of rotatable bonds is 6. The summed E-state index contributed by atoms with van der Waals surface area (Å²) in [5.41, 5.74) is -0.0169. The van der Waals surface area contributed by atoms with Crippen LogP contribution in [-0.4, -0.2) is 25.6 Å². The van der Waals surface area contributed by atoms with E-state index in [9.17, 15) is 22.8 Å². The molecule has 2 aromatic rings. The second kappa shape index (κ2) is 8.57. The lowest BCUT2D eigenvalue weighted by Crippen LogP contribution is -2.29. The number of halogens is 3. The maximum absolute atomic E-state index is 12.9. The summed E-state index contributed by atoms with van der Waals surface area (Å²) >= 11 is 0. The smallest absolute Gasteiger partial charge is 0.416 e. The Labute approximate surface area is 154 Å². The Bertz CT molecular complexity index is 834. The molecule has 0 aliphatic heterocycles. The molecule has 1 N–H and O–H groups in total. The number of nitrogens with one attached hydrogen (secondary N) is 1. The molecule has 0 atom stereocenters. The van der Waals surface area contributed by atoms with E-state index in [-0.39, 0.29) is 17.7 Å². The van der Waals surface area contributed by atoms with Crippen LogP contribution in [0.2, 0.25) is 0 Å². The minimum Gasteiger partial charge on any atom is -0.497 e. The highest BCUT2D eigenvalue weighted by Gasteiger charge is 2.32. The van der Waals surface area contributed by atoms with E-state index in [1.54, 1.807) is 19.1 Å². The summed E-state index contributed by atoms with van der Waals surface area (Å²) in [5.74, 6) is -0.836. The molecule has 1 amide bonds. The van der Waals surface area contributed by atoms with E-state index in [1.807, 2.05) is 0 Å². The predicted octanol–water partition coefficient (Wildman–Crippen LogP) is 3.50. The van der Waals surface area contributed by atoms with Gasteiger partial charge in [0, 0.05) is 6.54 Å². The molecular formula is C19H18F3NO4. The Kier molecular flexibility index (Phi) is 6.44. The molecule has 8 heteroatoms. The van der Waals surface area contributed by atoms with Gasteiger partial charge in [0.2, 0.25) is 0 Å². The molecular weight excluding hydrogens is 363 g/mol. The fraction of sp³-hybridized carbons (Fsp3) is 0.263. The van der Waals surface area contributed by atoms with E-state index in [0.717, 1.165) is 6.07 Å². The Morgan fingerprint density at radius 2 is 1.81 bits per heavy atom. The molecule has 0 radical (unpaired) electrons. The molecule has 144 valence electrons. The first-order valence-electron chi connectivity index (χ1n) is 7.96. The highest BCUT2D eigenvalue weighted by Crippen LogP contribution is 2.31. The van der Waals surface area contributed by atoms with Gasteiger partial charge >= 0.3 is 12.1 Å². The van der Waals surface area contributed by atoms with Gasteiger partial charge in [-0.2, -0.15) is 13.2 Å². The quantitative estimate of drug-likeness (QED) is 0.778. The number of aryl methyl sites for hydroxylation is 1. The van der Waals surface area contributed by atoms with Gasteiger partial charge in [0.1, 0.15) is 5.75 Å². The third kappa shape index (κ3) is 5.47. The van der Waals surface area contributed by atoms with Crippen molar-refractivity contribution in [2.24, 2.45) is 0 Å². The SMILES string of the molecule is COc1ccc(C(=O)OCC(=O)NCc2ccccc2C(F)(F)F)c(C)c1. The van der Waals surface area contributed by atoms with Crippen LogP contribution in [0.15, 0.2) is 42.5 Å². The van der Waals surface area contributed by atoms with Crippen LogP contribution in [0.3, 0.4) is 0 Å². The van der Waals surface area contributed by atoms with E-state index in [2.05, 4.69) is 5.32 Å². The Morgan fingerprint density at radius 1 is 1.11 bits per heavy atom. The zero-order valence-electron chi connectivity index (χ0n) is 14.7. The van der Waals surface area contributed by atoms with Crippen molar-refractivity contribution in [2.45, 2.75) is 19.6 Å². The van der Waals surface area contributed by atoms with Gasteiger partial charge in [0.25, 0.3) is 5.91 Å². The van der Waals surface area contributed by atoms with Crippen molar-refractivity contribution in [3.63, 3.8) is 0 Å². The van der Waals surface area contributed by atoms with E-state index < -0.39 is 30.2 Å². The normalized spacial score (nSPS) is 11.0. The van der Waals surface area contributed by atoms with Crippen molar-refractivity contribution in [3.05, 3.63) is 64.7 Å². The van der Waals surface area contributed by atoms with Gasteiger partial charge in [0.15, 0.2) is 6.61 Å². The molecule has 0 unspecified atom stereocenters. The average molecular weight is 381 g/mol. The second-order valence-corrected chi connectivity index (χ2v) is 5.69. The average Bonchev–Trinajstić information content (AvgIpc) is 2.63. The van der Waals surface area contributed by atoms with Crippen molar-refractivity contribution >= 4 is 11.9 Å². The fourth-order valence-electron chi connectivity index (χ4n) is 2.40. The minimum absolute atomic E-state index is 0.0734. The molecule has 0 aromatic heterocycles. The molecule has 2 rings (SSSR count). The topological polar surface area (TPSA) is 64.6 Å². The van der Waals surface area contributed by atoms with Crippen molar-refractivity contribution in [2.75, 3.05) is 13.7 Å². The molecule has 0 aliphatic carbocycles. The first kappa shape index (κ1) is 20.3. The summed E-state index contributed by atoms with van der Waals surface area (Å²) in [7, 11) is 1.49. The third-order valence-electron chi connectivity index (χ3n) is 3.79. The van der Waals surface area contributed by atoms with Crippen molar-refractivity contribution in [3.8, 4) is 5.75 Å². The number of methoxy groups -OCH3 is 1. The monoisotopic (exact) mass is 381 g/mol. The van der Waals surface area contributed by atoms with Gasteiger partial charge < -0.3 is 14.8 Å². The Morgan fingerprint density at radius 3 is 2.44 bits per heavy atom. The van der Waals surface area contributed by atoms with Gasteiger partial charge in [0.05, 0.1) is 18.2 Å². The van der Waals surface area contributed by atoms with Crippen molar-refractivity contribution in [1.82, 2.24) is 5.32 Å². The number of hydrogen-bond acceptors (Lipinski definition) is 4. The molecule has 2 aromatic carbocycles. The number of hydrogen-bond donors (Lipinski definition) is 1. The van der Waals surface area contributed by atoms with Crippen molar-refractivity contribution in [1.29, 1.82) is 0 Å². The number of benzene rings is 2. The van der Waals surface area contributed by atoms with Crippen LogP contribution in [0, 0.1) is 6.92 Å². The number of ether oxygens (including phenoxy) is 2. The van der Waals surface area contributed by atoms with Gasteiger partial charge in [-0.15, -0.1) is 0 Å². The lowest BCUT2D eigenvalue weighted by Gasteiger charge is -2.13. The van der Waals surface area contributed by atoms with Gasteiger partial charge in [-0.1, -0.05) is 18.2 Å². The minimum atomic E-state index is -4.51. The van der Waals surface area contributed by atoms with Gasteiger partial charge in [-0.3, -0.25) is 4.79 Å². The van der Waals surface area contributed by atoms with Crippen LogP contribution < -0.4 is 10.1 Å². The molecule has 0 bridgehead atoms. The third-order valence-corrected chi connectivity index (χ3v) is 3.79. The highest BCUT2D eigenvalue weighted by atomic mass is 19.4. The molecule has 5 nitrogen and oxygen atoms in total. The largest absolute Gasteiger partial charge is 0.497 e.